The van der Waals surface area contributed by atoms with E-state index in [9.17, 15) is 0 Å². The Balaban J connectivity index is 1.62. The molecule has 130 valence electrons. The number of nitrogens with zero attached hydrogens (tertiary/aromatic N) is 3. The maximum Gasteiger partial charge on any atom is 0.232 e. The Labute approximate surface area is 147 Å². The highest BCUT2D eigenvalue weighted by molar-refractivity contribution is 7.09. The van der Waals surface area contributed by atoms with Crippen LogP contribution in [-0.4, -0.2) is 47.3 Å². The molecule has 0 spiro atoms. The second kappa shape index (κ2) is 9.11. The van der Waals surface area contributed by atoms with Crippen LogP contribution in [0.2, 0.25) is 0 Å². The summed E-state index contributed by atoms with van der Waals surface area (Å²) in [7, 11) is 0. The molecule has 2 bridgehead atoms. The molecule has 0 radical (unpaired) electrons. The minimum atomic E-state index is 0.396. The molecule has 5 nitrogen and oxygen atoms in total. The van der Waals surface area contributed by atoms with Crippen LogP contribution in [0.25, 0.3) is 0 Å². The van der Waals surface area contributed by atoms with E-state index in [1.54, 1.807) is 6.20 Å². The molecule has 2 aromatic rings. The topological polar surface area (TPSA) is 47.5 Å². The molecule has 1 aliphatic heterocycles. The molecule has 0 saturated heterocycles. The number of rotatable bonds is 2. The number of ether oxygens (including phenoxy) is 2. The normalized spacial score (nSPS) is 21.0. The van der Waals surface area contributed by atoms with Crippen molar-refractivity contribution in [1.29, 1.82) is 0 Å². The molecule has 2 aromatic heterocycles. The lowest BCUT2D eigenvalue weighted by Gasteiger charge is -2.28. The summed E-state index contributed by atoms with van der Waals surface area (Å²) in [5.41, 5.74) is 1.00. The van der Waals surface area contributed by atoms with Gasteiger partial charge in [0.15, 0.2) is 0 Å². The third kappa shape index (κ3) is 5.26. The van der Waals surface area contributed by atoms with Crippen LogP contribution in [0.15, 0.2) is 29.9 Å². The van der Waals surface area contributed by atoms with Crippen molar-refractivity contribution in [1.82, 2.24) is 14.9 Å². The Morgan fingerprint density at radius 3 is 3.12 bits per heavy atom. The van der Waals surface area contributed by atoms with Gasteiger partial charge >= 0.3 is 0 Å². The fraction of sp³-hybridized carbons (Fsp3) is 0.556. The van der Waals surface area contributed by atoms with Crippen LogP contribution in [0, 0.1) is 0 Å². The molecule has 24 heavy (non-hydrogen) atoms. The first kappa shape index (κ1) is 17.3. The second-order valence-electron chi connectivity index (χ2n) is 6.13. The zero-order chi connectivity index (χ0) is 16.6. The van der Waals surface area contributed by atoms with Crippen molar-refractivity contribution in [2.45, 2.75) is 38.8 Å². The number of hydrogen-bond donors (Lipinski definition) is 0. The van der Waals surface area contributed by atoms with Gasteiger partial charge in [0.1, 0.15) is 6.61 Å². The van der Waals surface area contributed by atoms with Crippen molar-refractivity contribution in [2.24, 2.45) is 0 Å². The van der Waals surface area contributed by atoms with Gasteiger partial charge in [0.25, 0.3) is 0 Å². The van der Waals surface area contributed by atoms with Crippen molar-refractivity contribution in [3.05, 3.63) is 40.5 Å². The zero-order valence-electron chi connectivity index (χ0n) is 14.2. The third-order valence-electron chi connectivity index (χ3n) is 4.19. The minimum Gasteiger partial charge on any atom is -0.474 e. The molecule has 0 aromatic carbocycles. The predicted octanol–water partition coefficient (Wildman–Crippen LogP) is 3.16. The van der Waals surface area contributed by atoms with E-state index >= 15 is 0 Å². The summed E-state index contributed by atoms with van der Waals surface area (Å²) in [6.45, 7) is 6.12. The summed E-state index contributed by atoms with van der Waals surface area (Å²) >= 11 is 1.82. The van der Waals surface area contributed by atoms with Crippen LogP contribution >= 0.6 is 11.3 Å². The van der Waals surface area contributed by atoms with Gasteiger partial charge in [-0.05, 0) is 44.2 Å². The number of aryl methyl sites for hydroxylation is 1. The molecule has 0 saturated carbocycles. The van der Waals surface area contributed by atoms with Crippen molar-refractivity contribution in [3.8, 4) is 5.88 Å². The van der Waals surface area contributed by atoms with Crippen molar-refractivity contribution >= 4 is 11.3 Å². The third-order valence-corrected chi connectivity index (χ3v) is 5.05. The van der Waals surface area contributed by atoms with Crippen LogP contribution in [0.1, 0.15) is 30.3 Å². The maximum absolute atomic E-state index is 5.80. The van der Waals surface area contributed by atoms with Gasteiger partial charge in [0.05, 0.1) is 25.1 Å². The first-order valence-electron chi connectivity index (χ1n) is 8.59. The summed E-state index contributed by atoms with van der Waals surface area (Å²) in [6, 6.07) is 4.72. The summed E-state index contributed by atoms with van der Waals surface area (Å²) in [5, 5.41) is 2.14. The Hall–Kier alpha value is -1.50. The maximum atomic E-state index is 5.80. The van der Waals surface area contributed by atoms with E-state index in [1.807, 2.05) is 17.5 Å². The fourth-order valence-corrected chi connectivity index (χ4v) is 3.55. The van der Waals surface area contributed by atoms with Gasteiger partial charge in [-0.25, -0.2) is 4.98 Å². The number of fused-ring (bicyclic) bond motifs is 2. The molecule has 0 unspecified atom stereocenters. The Morgan fingerprint density at radius 1 is 1.29 bits per heavy atom. The zero-order valence-corrected chi connectivity index (χ0v) is 15.0. The largest absolute Gasteiger partial charge is 0.474 e. The highest BCUT2D eigenvalue weighted by Gasteiger charge is 2.15. The summed E-state index contributed by atoms with van der Waals surface area (Å²) in [6.07, 6.45) is 6.69. The minimum absolute atomic E-state index is 0.396. The van der Waals surface area contributed by atoms with E-state index in [-0.39, 0.29) is 0 Å². The van der Waals surface area contributed by atoms with E-state index in [4.69, 9.17) is 9.47 Å². The van der Waals surface area contributed by atoms with Gasteiger partial charge in [-0.3, -0.25) is 9.88 Å². The van der Waals surface area contributed by atoms with Gasteiger partial charge in [0, 0.05) is 23.7 Å². The predicted molar refractivity (Wildman–Crippen MR) is 95.5 cm³/mol. The summed E-state index contributed by atoms with van der Waals surface area (Å²) in [5.74, 6) is 0.598. The average molecular weight is 347 g/mol. The van der Waals surface area contributed by atoms with Gasteiger partial charge in [-0.2, -0.15) is 0 Å². The van der Waals surface area contributed by atoms with Crippen molar-refractivity contribution < 1.29 is 9.47 Å². The molecule has 0 amide bonds. The molecule has 3 heterocycles. The van der Waals surface area contributed by atoms with E-state index in [0.29, 0.717) is 25.1 Å². The lowest BCUT2D eigenvalue weighted by molar-refractivity contribution is 0.0458. The standard InChI is InChI=1S/C18H25N3O2S/c1-15-14-22-8-9-23-18-12-19-11-16(20-18)5-2-3-7-21(15)13-17-6-4-10-24-17/h4,6,10-12,15H,2-3,5,7-9,13-14H2,1H3/t15-/m0/s1. The fourth-order valence-electron chi connectivity index (χ4n) is 2.82. The molecule has 3 rings (SSSR count). The van der Waals surface area contributed by atoms with Crippen LogP contribution in [0.5, 0.6) is 5.88 Å². The quantitative estimate of drug-likeness (QED) is 0.835. The van der Waals surface area contributed by atoms with Gasteiger partial charge < -0.3 is 9.47 Å². The lowest BCUT2D eigenvalue weighted by Crippen LogP contribution is -2.37. The van der Waals surface area contributed by atoms with Crippen LogP contribution < -0.4 is 4.74 Å². The molecule has 0 aliphatic carbocycles. The van der Waals surface area contributed by atoms with Crippen molar-refractivity contribution in [3.63, 3.8) is 0 Å². The van der Waals surface area contributed by atoms with Gasteiger partial charge in [-0.1, -0.05) is 6.07 Å². The van der Waals surface area contributed by atoms with Gasteiger partial charge in [-0.15, -0.1) is 11.3 Å². The number of hydrogen-bond acceptors (Lipinski definition) is 6. The van der Waals surface area contributed by atoms with Gasteiger partial charge in [0.2, 0.25) is 5.88 Å². The average Bonchev–Trinajstić information content (AvgIpc) is 3.10. The highest BCUT2D eigenvalue weighted by Crippen LogP contribution is 2.16. The Bertz CT molecular complexity index is 606. The smallest absolute Gasteiger partial charge is 0.232 e. The second-order valence-corrected chi connectivity index (χ2v) is 7.16. The molecule has 0 fully saturated rings. The Kier molecular flexibility index (Phi) is 6.57. The van der Waals surface area contributed by atoms with E-state index in [2.05, 4.69) is 39.3 Å². The molecule has 1 aliphatic rings. The van der Waals surface area contributed by atoms with E-state index < -0.39 is 0 Å². The Morgan fingerprint density at radius 2 is 2.25 bits per heavy atom. The number of thiophene rings is 1. The van der Waals surface area contributed by atoms with Crippen molar-refractivity contribution in [2.75, 3.05) is 26.4 Å². The molecule has 0 N–H and O–H groups in total. The SMILES string of the molecule is C[C@H]1COCCOc2cncc(n2)CCCCN1Cc1cccs1. The van der Waals surface area contributed by atoms with Crippen LogP contribution in [-0.2, 0) is 17.7 Å². The molecule has 6 heteroatoms. The number of aromatic nitrogens is 2. The molecular weight excluding hydrogens is 322 g/mol. The van der Waals surface area contributed by atoms with E-state index in [1.165, 1.54) is 4.88 Å². The lowest BCUT2D eigenvalue weighted by atomic mass is 10.1. The van der Waals surface area contributed by atoms with E-state index in [0.717, 1.165) is 44.7 Å². The van der Waals surface area contributed by atoms with Crippen LogP contribution in [0.4, 0.5) is 0 Å². The molecular formula is C18H25N3O2S. The first-order chi connectivity index (χ1) is 11.8. The monoisotopic (exact) mass is 347 g/mol. The summed E-state index contributed by atoms with van der Waals surface area (Å²) < 4.78 is 11.4. The first-order valence-corrected chi connectivity index (χ1v) is 9.47. The van der Waals surface area contributed by atoms with Crippen LogP contribution in [0.3, 0.4) is 0 Å². The highest BCUT2D eigenvalue weighted by atomic mass is 32.1. The summed E-state index contributed by atoms with van der Waals surface area (Å²) in [4.78, 5) is 12.6. The molecule has 1 atom stereocenters.